The first kappa shape index (κ1) is 15.3. The van der Waals surface area contributed by atoms with E-state index >= 15 is 0 Å². The van der Waals surface area contributed by atoms with Crippen LogP contribution >= 0.6 is 0 Å². The molecule has 2 atom stereocenters. The van der Waals surface area contributed by atoms with Gasteiger partial charge in [0.05, 0.1) is 10.5 Å². The lowest BCUT2D eigenvalue weighted by Crippen LogP contribution is -2.46. The van der Waals surface area contributed by atoms with Crippen LogP contribution in [-0.4, -0.2) is 31.5 Å². The first-order valence-electron chi connectivity index (χ1n) is 8.12. The molecule has 0 aromatic rings. The Kier molecular flexibility index (Phi) is 5.70. The second-order valence-electron chi connectivity index (χ2n) is 6.23. The van der Waals surface area contributed by atoms with Crippen LogP contribution in [0.1, 0.15) is 71.1 Å². The van der Waals surface area contributed by atoms with Gasteiger partial charge in [0, 0.05) is 6.04 Å². The minimum Gasteiger partial charge on any atom is -0.313 e. The summed E-state index contributed by atoms with van der Waals surface area (Å²) in [5.74, 6) is 0. The molecular formula is C15H29NO2S. The summed E-state index contributed by atoms with van der Waals surface area (Å²) < 4.78 is 25.7. The third-order valence-electron chi connectivity index (χ3n) is 4.80. The molecule has 2 unspecified atom stereocenters. The van der Waals surface area contributed by atoms with Crippen molar-refractivity contribution in [3.05, 3.63) is 0 Å². The molecule has 0 bridgehead atoms. The highest BCUT2D eigenvalue weighted by Gasteiger charge is 2.40. The Labute approximate surface area is 118 Å². The zero-order valence-electron chi connectivity index (χ0n) is 12.2. The maximum atomic E-state index is 12.9. The number of hydrogen-bond acceptors (Lipinski definition) is 3. The van der Waals surface area contributed by atoms with Gasteiger partial charge >= 0.3 is 0 Å². The van der Waals surface area contributed by atoms with Gasteiger partial charge in [-0.25, -0.2) is 8.42 Å². The quantitative estimate of drug-likeness (QED) is 0.791. The van der Waals surface area contributed by atoms with Gasteiger partial charge in [0.1, 0.15) is 0 Å². The van der Waals surface area contributed by atoms with Gasteiger partial charge in [-0.05, 0) is 38.6 Å². The molecule has 2 aliphatic carbocycles. The fourth-order valence-electron chi connectivity index (χ4n) is 3.69. The van der Waals surface area contributed by atoms with Gasteiger partial charge in [0.2, 0.25) is 0 Å². The van der Waals surface area contributed by atoms with E-state index in [1.807, 2.05) is 0 Å². The van der Waals surface area contributed by atoms with Crippen LogP contribution in [0.3, 0.4) is 0 Å². The van der Waals surface area contributed by atoms with Gasteiger partial charge < -0.3 is 5.32 Å². The standard InChI is InChI=1S/C15H29NO2S/c1-2-12-16-14-10-4-3-5-11-15(14)19(17,18)13-8-6-7-9-13/h13-16H,2-12H2,1H3. The topological polar surface area (TPSA) is 46.2 Å². The SMILES string of the molecule is CCCNC1CCCCCC1S(=O)(=O)C1CCCC1. The molecule has 19 heavy (non-hydrogen) atoms. The van der Waals surface area contributed by atoms with E-state index in [9.17, 15) is 8.42 Å². The highest BCUT2D eigenvalue weighted by molar-refractivity contribution is 7.92. The highest BCUT2D eigenvalue weighted by atomic mass is 32.2. The van der Waals surface area contributed by atoms with E-state index in [1.165, 1.54) is 12.8 Å². The van der Waals surface area contributed by atoms with Crippen molar-refractivity contribution in [3.63, 3.8) is 0 Å². The first-order valence-corrected chi connectivity index (χ1v) is 9.73. The van der Waals surface area contributed by atoms with E-state index in [-0.39, 0.29) is 16.5 Å². The fraction of sp³-hybridized carbons (Fsp3) is 1.00. The number of sulfone groups is 1. The maximum absolute atomic E-state index is 12.9. The van der Waals surface area contributed by atoms with Crippen molar-refractivity contribution in [2.24, 2.45) is 0 Å². The molecule has 112 valence electrons. The smallest absolute Gasteiger partial charge is 0.157 e. The molecule has 0 aromatic carbocycles. The lowest BCUT2D eigenvalue weighted by Gasteiger charge is -2.28. The van der Waals surface area contributed by atoms with Crippen LogP contribution in [0.2, 0.25) is 0 Å². The van der Waals surface area contributed by atoms with Crippen LogP contribution in [-0.2, 0) is 9.84 Å². The van der Waals surface area contributed by atoms with Crippen molar-refractivity contribution >= 4 is 9.84 Å². The molecule has 0 aliphatic heterocycles. The summed E-state index contributed by atoms with van der Waals surface area (Å²) in [5, 5.41) is 3.35. The van der Waals surface area contributed by atoms with Crippen molar-refractivity contribution < 1.29 is 8.42 Å². The fourth-order valence-corrected chi connectivity index (χ4v) is 6.36. The molecular weight excluding hydrogens is 258 g/mol. The zero-order valence-corrected chi connectivity index (χ0v) is 13.1. The lowest BCUT2D eigenvalue weighted by molar-refractivity contribution is 0.446. The third kappa shape index (κ3) is 3.72. The van der Waals surface area contributed by atoms with Crippen LogP contribution in [0, 0.1) is 0 Å². The van der Waals surface area contributed by atoms with Crippen molar-refractivity contribution in [2.45, 2.75) is 87.7 Å². The summed E-state index contributed by atoms with van der Waals surface area (Å²) in [5.41, 5.74) is 0. The van der Waals surface area contributed by atoms with Gasteiger partial charge in [0.15, 0.2) is 9.84 Å². The maximum Gasteiger partial charge on any atom is 0.157 e. The lowest BCUT2D eigenvalue weighted by atomic mass is 10.1. The Hall–Kier alpha value is -0.0900. The Balaban J connectivity index is 2.11. The highest BCUT2D eigenvalue weighted by Crippen LogP contribution is 2.32. The van der Waals surface area contributed by atoms with E-state index < -0.39 is 9.84 Å². The molecule has 1 N–H and O–H groups in total. The Morgan fingerprint density at radius 1 is 0.947 bits per heavy atom. The molecule has 0 spiro atoms. The first-order chi connectivity index (χ1) is 9.16. The predicted molar refractivity (Wildman–Crippen MR) is 80.1 cm³/mol. The van der Waals surface area contributed by atoms with Crippen molar-refractivity contribution in [2.75, 3.05) is 6.54 Å². The van der Waals surface area contributed by atoms with Gasteiger partial charge in [-0.2, -0.15) is 0 Å². The molecule has 3 nitrogen and oxygen atoms in total. The zero-order chi connectivity index (χ0) is 13.7. The molecule has 4 heteroatoms. The minimum atomic E-state index is -2.93. The van der Waals surface area contributed by atoms with E-state index in [2.05, 4.69) is 12.2 Å². The average molecular weight is 287 g/mol. The Morgan fingerprint density at radius 2 is 1.58 bits per heavy atom. The molecule has 0 saturated heterocycles. The Bertz CT molecular complexity index is 360. The summed E-state index contributed by atoms with van der Waals surface area (Å²) in [6, 6.07) is 0.202. The molecule has 2 rings (SSSR count). The summed E-state index contributed by atoms with van der Waals surface area (Å²) >= 11 is 0. The second-order valence-corrected chi connectivity index (χ2v) is 8.68. The minimum absolute atomic E-state index is 0.0403. The molecule has 2 fully saturated rings. The van der Waals surface area contributed by atoms with Crippen LogP contribution in [0.15, 0.2) is 0 Å². The van der Waals surface area contributed by atoms with Crippen LogP contribution in [0.5, 0.6) is 0 Å². The van der Waals surface area contributed by atoms with Crippen molar-refractivity contribution in [3.8, 4) is 0 Å². The van der Waals surface area contributed by atoms with Crippen LogP contribution < -0.4 is 5.32 Å². The van der Waals surface area contributed by atoms with Crippen molar-refractivity contribution in [1.29, 1.82) is 0 Å². The number of rotatable bonds is 5. The Morgan fingerprint density at radius 3 is 2.26 bits per heavy atom. The number of nitrogens with one attached hydrogen (secondary N) is 1. The molecule has 2 saturated carbocycles. The van der Waals surface area contributed by atoms with Crippen LogP contribution in [0.4, 0.5) is 0 Å². The van der Waals surface area contributed by atoms with E-state index in [0.29, 0.717) is 0 Å². The van der Waals surface area contributed by atoms with Gasteiger partial charge in [0.25, 0.3) is 0 Å². The average Bonchev–Trinajstić information content (AvgIpc) is 2.83. The van der Waals surface area contributed by atoms with E-state index in [1.54, 1.807) is 0 Å². The molecule has 0 radical (unpaired) electrons. The second kappa shape index (κ2) is 7.07. The largest absolute Gasteiger partial charge is 0.313 e. The predicted octanol–water partition coefficient (Wildman–Crippen LogP) is 3.04. The molecule has 0 aromatic heterocycles. The molecule has 0 amide bonds. The van der Waals surface area contributed by atoms with E-state index in [4.69, 9.17) is 0 Å². The van der Waals surface area contributed by atoms with Crippen molar-refractivity contribution in [1.82, 2.24) is 5.32 Å². The van der Waals surface area contributed by atoms with Gasteiger partial charge in [-0.15, -0.1) is 0 Å². The monoisotopic (exact) mass is 287 g/mol. The summed E-state index contributed by atoms with van der Waals surface area (Å²) in [4.78, 5) is 0. The molecule has 2 aliphatic rings. The summed E-state index contributed by atoms with van der Waals surface area (Å²) in [6.45, 7) is 3.09. The van der Waals surface area contributed by atoms with Gasteiger partial charge in [-0.3, -0.25) is 0 Å². The number of hydrogen-bond donors (Lipinski definition) is 1. The summed E-state index contributed by atoms with van der Waals surface area (Å²) in [7, 11) is -2.93. The normalized spacial score (nSPS) is 30.4. The third-order valence-corrected chi connectivity index (χ3v) is 7.61. The van der Waals surface area contributed by atoms with E-state index in [0.717, 1.165) is 57.9 Å². The summed E-state index contributed by atoms with van der Waals surface area (Å²) in [6.07, 6.45) is 10.5. The van der Waals surface area contributed by atoms with Crippen LogP contribution in [0.25, 0.3) is 0 Å². The molecule has 0 heterocycles. The van der Waals surface area contributed by atoms with Gasteiger partial charge in [-0.1, -0.05) is 39.0 Å².